The van der Waals surface area contributed by atoms with Crippen LogP contribution in [0, 0.1) is 5.92 Å². The molecule has 225 valence electrons. The predicted molar refractivity (Wildman–Crippen MR) is 175 cm³/mol. The van der Waals surface area contributed by atoms with Crippen LogP contribution in [0.15, 0.2) is 114 Å². The summed E-state index contributed by atoms with van der Waals surface area (Å²) in [6, 6.07) is 34.7. The number of aliphatic imine (C=N–C) groups is 1. The molecule has 1 N–H and O–H groups in total. The Bertz CT molecular complexity index is 1540. The van der Waals surface area contributed by atoms with E-state index in [2.05, 4.69) is 45.6 Å². The molecule has 0 spiro atoms. The van der Waals surface area contributed by atoms with E-state index in [-0.39, 0.29) is 25.0 Å². The van der Waals surface area contributed by atoms with Crippen molar-refractivity contribution in [1.82, 2.24) is 5.32 Å². The van der Waals surface area contributed by atoms with E-state index in [1.165, 1.54) is 11.1 Å². The van der Waals surface area contributed by atoms with E-state index in [1.54, 1.807) is 0 Å². The molecule has 0 aromatic heterocycles. The quantitative estimate of drug-likeness (QED) is 0.103. The molecule has 7 heteroatoms. The van der Waals surface area contributed by atoms with E-state index in [1.807, 2.05) is 98.8 Å². The van der Waals surface area contributed by atoms with Crippen LogP contribution in [-0.2, 0) is 27.3 Å². The normalized spacial score (nSPS) is 13.9. The molecule has 0 aliphatic heterocycles. The summed E-state index contributed by atoms with van der Waals surface area (Å²) in [7, 11) is 0. The van der Waals surface area contributed by atoms with Gasteiger partial charge in [-0.2, -0.15) is 0 Å². The number of benzene rings is 4. The van der Waals surface area contributed by atoms with Crippen molar-refractivity contribution in [3.8, 4) is 11.1 Å². The summed E-state index contributed by atoms with van der Waals surface area (Å²) in [5.41, 5.74) is 6.58. The molecule has 5 rings (SSSR count). The molecule has 1 radical (unpaired) electrons. The fraction of sp³-hybridized carbons (Fsp3) is 0.270. The average molecular weight is 653 g/mol. The Kier molecular flexibility index (Phi) is 10.7. The first-order valence-electron chi connectivity index (χ1n) is 15.0. The van der Waals surface area contributed by atoms with Crippen LogP contribution in [0.1, 0.15) is 48.4 Å². The van der Waals surface area contributed by atoms with Crippen molar-refractivity contribution in [2.45, 2.75) is 51.3 Å². The van der Waals surface area contributed by atoms with Gasteiger partial charge in [0.2, 0.25) is 0 Å². The van der Waals surface area contributed by atoms with Gasteiger partial charge in [0.1, 0.15) is 0 Å². The molecule has 0 saturated carbocycles. The Morgan fingerprint density at radius 3 is 1.91 bits per heavy atom. The van der Waals surface area contributed by atoms with E-state index in [4.69, 9.17) is 14.5 Å². The van der Waals surface area contributed by atoms with Gasteiger partial charge in [0.25, 0.3) is 0 Å². The monoisotopic (exact) mass is 653 g/mol. The van der Waals surface area contributed by atoms with Crippen LogP contribution in [0.4, 0.5) is 4.79 Å². The maximum absolute atomic E-state index is 13.3. The Hall–Kier alpha value is -4.19. The molecule has 6 nitrogen and oxygen atoms in total. The molecule has 2 atom stereocenters. The van der Waals surface area contributed by atoms with Crippen molar-refractivity contribution in [2.24, 2.45) is 10.9 Å². The first-order chi connectivity index (χ1) is 21.4. The molecule has 44 heavy (non-hydrogen) atoms. The number of esters is 1. The van der Waals surface area contributed by atoms with Crippen molar-refractivity contribution in [2.75, 3.05) is 6.61 Å². The second kappa shape index (κ2) is 15.0. The number of carbonyl (C=O) groups excluding carboxylic acids is 2. The molecule has 4 aromatic rings. The van der Waals surface area contributed by atoms with Crippen molar-refractivity contribution in [3.63, 3.8) is 0 Å². The molecule has 1 aliphatic rings. The molecule has 1 amide bonds. The number of rotatable bonds is 12. The number of amides is 1. The fourth-order valence-electron chi connectivity index (χ4n) is 5.55. The van der Waals surface area contributed by atoms with Gasteiger partial charge in [-0.1, -0.05) is 0 Å². The summed E-state index contributed by atoms with van der Waals surface area (Å²) >= 11 is 3.03. The first-order valence-corrected chi connectivity index (χ1v) is 15.9. The molecule has 0 heterocycles. The van der Waals surface area contributed by atoms with Crippen LogP contribution in [0.2, 0.25) is 0 Å². The van der Waals surface area contributed by atoms with Crippen LogP contribution < -0.4 is 5.32 Å². The Morgan fingerprint density at radius 2 is 1.32 bits per heavy atom. The van der Waals surface area contributed by atoms with Crippen molar-refractivity contribution < 1.29 is 19.1 Å². The second-order valence-corrected chi connectivity index (χ2v) is 12.3. The first kappa shape index (κ1) is 31.2. The van der Waals surface area contributed by atoms with Gasteiger partial charge in [0.15, 0.2) is 0 Å². The van der Waals surface area contributed by atoms with Crippen molar-refractivity contribution in [3.05, 3.63) is 131 Å². The third-order valence-electron chi connectivity index (χ3n) is 7.69. The molecule has 0 fully saturated rings. The van der Waals surface area contributed by atoms with Crippen molar-refractivity contribution in [1.29, 1.82) is 0 Å². The Morgan fingerprint density at radius 1 is 0.773 bits per heavy atom. The third-order valence-corrected chi connectivity index (χ3v) is 8.51. The Balaban J connectivity index is 1.31. The molecule has 0 bridgehead atoms. The van der Waals surface area contributed by atoms with Crippen molar-refractivity contribution >= 4 is 32.7 Å². The van der Waals surface area contributed by atoms with Gasteiger partial charge >= 0.3 is 268 Å². The molecule has 0 unspecified atom stereocenters. The van der Waals surface area contributed by atoms with Crippen LogP contribution in [-0.4, -0.2) is 51.4 Å². The van der Waals surface area contributed by atoms with Gasteiger partial charge in [-0.25, -0.2) is 0 Å². The van der Waals surface area contributed by atoms with E-state index in [0.717, 1.165) is 22.3 Å². The maximum atomic E-state index is 13.3. The van der Waals surface area contributed by atoms with E-state index < -0.39 is 24.1 Å². The zero-order valence-corrected chi connectivity index (χ0v) is 26.7. The van der Waals surface area contributed by atoms with Gasteiger partial charge in [-0.05, 0) is 0 Å². The second-order valence-electron chi connectivity index (χ2n) is 11.4. The van der Waals surface area contributed by atoms with E-state index in [9.17, 15) is 9.59 Å². The van der Waals surface area contributed by atoms with Gasteiger partial charge in [0, 0.05) is 0 Å². The summed E-state index contributed by atoms with van der Waals surface area (Å²) in [6.45, 7) is 4.47. The van der Waals surface area contributed by atoms with Gasteiger partial charge in [0.05, 0.1) is 0 Å². The Labute approximate surface area is 267 Å². The van der Waals surface area contributed by atoms with Gasteiger partial charge in [-0.15, -0.1) is 0 Å². The van der Waals surface area contributed by atoms with E-state index >= 15 is 0 Å². The van der Waals surface area contributed by atoms with Gasteiger partial charge < -0.3 is 0 Å². The van der Waals surface area contributed by atoms with E-state index in [0.29, 0.717) is 17.5 Å². The van der Waals surface area contributed by atoms with Crippen LogP contribution >= 0.6 is 0 Å². The summed E-state index contributed by atoms with van der Waals surface area (Å²) in [4.78, 5) is 31.3. The average Bonchev–Trinajstić information content (AvgIpc) is 3.36. The third kappa shape index (κ3) is 8.04. The number of carbonyl (C=O) groups is 2. The molecular weight excluding hydrogens is 615 g/mol. The number of hydrogen-bond donors (Lipinski definition) is 1. The molecule has 4 aromatic carbocycles. The number of alkyl carbamates (subject to hydrolysis) is 1. The zero-order valence-electron chi connectivity index (χ0n) is 25.0. The zero-order chi connectivity index (χ0) is 30.9. The summed E-state index contributed by atoms with van der Waals surface area (Å²) in [6.07, 6.45) is 0.453. The number of fused-ring (bicyclic) bond motifs is 3. The molecule has 0 saturated heterocycles. The number of hydrogen-bond acceptors (Lipinski definition) is 5. The topological polar surface area (TPSA) is 77.0 Å². The van der Waals surface area contributed by atoms with Crippen LogP contribution in [0.5, 0.6) is 0 Å². The summed E-state index contributed by atoms with van der Waals surface area (Å²) in [5.74, 6) is -0.227. The molecular formula is C37H37N2O4Se. The summed E-state index contributed by atoms with van der Waals surface area (Å²) < 4.78 is 12.0. The minimum atomic E-state index is -0.711. The summed E-state index contributed by atoms with van der Waals surface area (Å²) in [5, 5.41) is 3.02. The standard InChI is InChI=1S/C37H37N2O4Se/c1-25(2)21-34(36(40)42-23-27-15-7-4-8-16-27)38-35(44)33(22-26-13-5-3-6-14-26)39-37(41)43-24-32-30-19-11-9-17-28(30)29-18-10-12-20-31(29)32/h3-20,25,32-34H,21-24H2,1-2H3,(H,39,41)/t33-,34-/m0/s1. The fourth-order valence-corrected chi connectivity index (χ4v) is 6.11. The van der Waals surface area contributed by atoms with Crippen LogP contribution in [0.25, 0.3) is 11.1 Å². The van der Waals surface area contributed by atoms with Gasteiger partial charge in [-0.3, -0.25) is 0 Å². The number of ether oxygens (including phenoxy) is 2. The number of nitrogens with zero attached hydrogens (tertiary/aromatic N) is 1. The minimum absolute atomic E-state index is 0.0446. The predicted octanol–water partition coefficient (Wildman–Crippen LogP) is 6.86. The molecule has 1 aliphatic carbocycles. The SMILES string of the molecule is CC(C)C[C@H](N=C([Se])[C@H](Cc1ccccc1)NC(=O)OCC1c2ccccc2-c2ccccc21)C(=O)OCc1ccccc1. The number of nitrogens with one attached hydrogen (secondary N) is 1. The van der Waals surface area contributed by atoms with Crippen LogP contribution in [0.3, 0.4) is 0 Å².